The number of carbonyl (C=O) groups excluding carboxylic acids is 1. The molecule has 1 saturated heterocycles. The molecule has 6 rings (SSSR count). The number of piperidine rings is 1. The van der Waals surface area contributed by atoms with Gasteiger partial charge in [0.1, 0.15) is 11.4 Å². The summed E-state index contributed by atoms with van der Waals surface area (Å²) in [5.74, 6) is 1.41. The van der Waals surface area contributed by atoms with Crippen LogP contribution in [0.3, 0.4) is 0 Å². The third-order valence-corrected chi connectivity index (χ3v) is 8.38. The van der Waals surface area contributed by atoms with Crippen LogP contribution in [0.2, 0.25) is 5.02 Å². The standard InChI is InChI=1S/C27H29ClN4O/c1-17-9-10-19(11-22(17)28)27-12-20(27)15-31(16-27)25(33)21-14-29-32-24(21)30-23(13-26(32,2)3)18-7-5-4-6-8-18/h4-11,14,20,23,30H,12-13,15-16H2,1-3H3/t20?,23-,27?/m1/s1. The zero-order chi connectivity index (χ0) is 23.0. The Morgan fingerprint density at radius 3 is 2.70 bits per heavy atom. The van der Waals surface area contributed by atoms with E-state index in [-0.39, 0.29) is 22.9 Å². The third-order valence-electron chi connectivity index (χ3n) is 7.97. The average molecular weight is 461 g/mol. The minimum absolute atomic E-state index is 0.0551. The lowest BCUT2D eigenvalue weighted by Crippen LogP contribution is -2.39. The van der Waals surface area contributed by atoms with E-state index >= 15 is 0 Å². The molecule has 0 bridgehead atoms. The highest BCUT2D eigenvalue weighted by atomic mass is 35.5. The van der Waals surface area contributed by atoms with Crippen LogP contribution in [0.4, 0.5) is 5.82 Å². The SMILES string of the molecule is Cc1ccc(C23CC2CN(C(=O)c2cnn4c2N[C@@H](c2ccccc2)CC4(C)C)C3)cc1Cl. The molecule has 170 valence electrons. The van der Waals surface area contributed by atoms with Crippen LogP contribution in [-0.4, -0.2) is 33.7 Å². The number of aromatic nitrogens is 2. The minimum atomic E-state index is -0.188. The van der Waals surface area contributed by atoms with Gasteiger partial charge in [-0.2, -0.15) is 5.10 Å². The van der Waals surface area contributed by atoms with Crippen LogP contribution in [0.25, 0.3) is 0 Å². The van der Waals surface area contributed by atoms with E-state index < -0.39 is 0 Å². The summed E-state index contributed by atoms with van der Waals surface area (Å²) in [6.45, 7) is 7.94. The fraction of sp³-hybridized carbons (Fsp3) is 0.407. The molecular weight excluding hydrogens is 432 g/mol. The van der Waals surface area contributed by atoms with Gasteiger partial charge in [0.25, 0.3) is 5.91 Å². The maximum Gasteiger partial charge on any atom is 0.259 e. The van der Waals surface area contributed by atoms with E-state index in [9.17, 15) is 4.79 Å². The van der Waals surface area contributed by atoms with E-state index in [0.29, 0.717) is 11.5 Å². The van der Waals surface area contributed by atoms with Crippen LogP contribution < -0.4 is 5.32 Å². The van der Waals surface area contributed by atoms with E-state index in [1.54, 1.807) is 6.20 Å². The molecule has 0 spiro atoms. The lowest BCUT2D eigenvalue weighted by molar-refractivity contribution is 0.0772. The molecule has 3 heterocycles. The lowest BCUT2D eigenvalue weighted by atomic mass is 9.89. The zero-order valence-electron chi connectivity index (χ0n) is 19.3. The topological polar surface area (TPSA) is 50.2 Å². The van der Waals surface area contributed by atoms with Crippen molar-refractivity contribution < 1.29 is 4.79 Å². The summed E-state index contributed by atoms with van der Waals surface area (Å²) >= 11 is 6.42. The second-order valence-corrected chi connectivity index (χ2v) is 11.1. The monoisotopic (exact) mass is 460 g/mol. The molecule has 1 N–H and O–H groups in total. The van der Waals surface area contributed by atoms with Gasteiger partial charge in [0.15, 0.2) is 0 Å². The van der Waals surface area contributed by atoms with Gasteiger partial charge in [-0.05, 0) is 62.3 Å². The normalized spacial score (nSPS) is 27.0. The summed E-state index contributed by atoms with van der Waals surface area (Å²) in [5.41, 5.74) is 4.12. The zero-order valence-corrected chi connectivity index (χ0v) is 20.1. The maximum atomic E-state index is 13.7. The second-order valence-electron chi connectivity index (χ2n) is 10.6. The Kier molecular flexibility index (Phi) is 4.47. The van der Waals surface area contributed by atoms with E-state index in [1.807, 2.05) is 22.6 Å². The van der Waals surface area contributed by atoms with Crippen molar-refractivity contribution in [2.75, 3.05) is 18.4 Å². The first-order valence-corrected chi connectivity index (χ1v) is 12.1. The molecule has 3 aromatic rings. The van der Waals surface area contributed by atoms with Gasteiger partial charge >= 0.3 is 0 Å². The van der Waals surface area contributed by atoms with Gasteiger partial charge in [-0.1, -0.05) is 54.1 Å². The summed E-state index contributed by atoms with van der Waals surface area (Å²) in [6, 6.07) is 17.0. The molecule has 1 aromatic heterocycles. The van der Waals surface area contributed by atoms with Gasteiger partial charge < -0.3 is 10.2 Å². The first kappa shape index (κ1) is 20.8. The highest BCUT2D eigenvalue weighted by Crippen LogP contribution is 2.59. The van der Waals surface area contributed by atoms with Crippen molar-refractivity contribution in [3.05, 3.63) is 82.0 Å². The van der Waals surface area contributed by atoms with Gasteiger partial charge in [0.2, 0.25) is 0 Å². The Labute approximate surface area is 199 Å². The number of aryl methyl sites for hydroxylation is 1. The van der Waals surface area contributed by atoms with E-state index in [1.165, 1.54) is 11.1 Å². The highest BCUT2D eigenvalue weighted by Gasteiger charge is 2.61. The Bertz CT molecular complexity index is 1250. The van der Waals surface area contributed by atoms with Crippen molar-refractivity contribution in [2.45, 2.75) is 50.6 Å². The number of halogens is 1. The Morgan fingerprint density at radius 1 is 1.15 bits per heavy atom. The number of fused-ring (bicyclic) bond motifs is 2. The predicted octanol–water partition coefficient (Wildman–Crippen LogP) is 5.55. The van der Waals surface area contributed by atoms with E-state index in [2.05, 4.69) is 66.7 Å². The van der Waals surface area contributed by atoms with Crippen LogP contribution in [0, 0.1) is 12.8 Å². The van der Waals surface area contributed by atoms with Crippen LogP contribution >= 0.6 is 11.6 Å². The number of anilines is 1. The molecule has 6 heteroatoms. The predicted molar refractivity (Wildman–Crippen MR) is 131 cm³/mol. The second kappa shape index (κ2) is 7.10. The number of hydrogen-bond acceptors (Lipinski definition) is 3. The van der Waals surface area contributed by atoms with Crippen LogP contribution in [0.15, 0.2) is 54.7 Å². The van der Waals surface area contributed by atoms with Gasteiger partial charge in [-0.15, -0.1) is 0 Å². The molecule has 3 atom stereocenters. The van der Waals surface area contributed by atoms with Gasteiger partial charge in [-0.3, -0.25) is 4.79 Å². The molecule has 2 aromatic carbocycles. The third kappa shape index (κ3) is 3.20. The number of nitrogens with zero attached hydrogens (tertiary/aromatic N) is 3. The molecule has 2 unspecified atom stereocenters. The maximum absolute atomic E-state index is 13.7. The number of benzene rings is 2. The number of rotatable bonds is 3. The minimum Gasteiger partial charge on any atom is -0.363 e. The summed E-state index contributed by atoms with van der Waals surface area (Å²) < 4.78 is 1.99. The van der Waals surface area contributed by atoms with Crippen LogP contribution in [0.5, 0.6) is 0 Å². The number of nitrogens with one attached hydrogen (secondary N) is 1. The summed E-state index contributed by atoms with van der Waals surface area (Å²) in [6.07, 6.45) is 3.78. The van der Waals surface area contributed by atoms with E-state index in [0.717, 1.165) is 42.3 Å². The number of amides is 1. The first-order valence-electron chi connectivity index (χ1n) is 11.7. The molecule has 2 aliphatic heterocycles. The molecule has 1 aliphatic carbocycles. The number of hydrogen-bond donors (Lipinski definition) is 1. The van der Waals surface area contributed by atoms with Crippen molar-refractivity contribution in [1.82, 2.24) is 14.7 Å². The fourth-order valence-electron chi connectivity index (χ4n) is 5.95. The summed E-state index contributed by atoms with van der Waals surface area (Å²) in [7, 11) is 0. The van der Waals surface area contributed by atoms with E-state index in [4.69, 9.17) is 11.6 Å². The molecule has 1 saturated carbocycles. The van der Waals surface area contributed by atoms with Crippen LogP contribution in [-0.2, 0) is 11.0 Å². The summed E-state index contributed by atoms with van der Waals surface area (Å²) in [4.78, 5) is 15.7. The highest BCUT2D eigenvalue weighted by molar-refractivity contribution is 6.31. The van der Waals surface area contributed by atoms with Crippen molar-refractivity contribution in [2.24, 2.45) is 5.92 Å². The van der Waals surface area contributed by atoms with Crippen molar-refractivity contribution >= 4 is 23.3 Å². The Hall–Kier alpha value is -2.79. The number of likely N-dealkylation sites (tertiary alicyclic amines) is 1. The average Bonchev–Trinajstić information content (AvgIpc) is 3.14. The molecule has 2 fully saturated rings. The van der Waals surface area contributed by atoms with Crippen molar-refractivity contribution in [3.8, 4) is 0 Å². The Morgan fingerprint density at radius 2 is 1.94 bits per heavy atom. The molecule has 1 amide bonds. The van der Waals surface area contributed by atoms with Crippen LogP contribution in [0.1, 0.15) is 59.8 Å². The van der Waals surface area contributed by atoms with Crippen molar-refractivity contribution in [3.63, 3.8) is 0 Å². The fourth-order valence-corrected chi connectivity index (χ4v) is 6.13. The smallest absolute Gasteiger partial charge is 0.259 e. The largest absolute Gasteiger partial charge is 0.363 e. The molecule has 5 nitrogen and oxygen atoms in total. The molecule has 3 aliphatic rings. The van der Waals surface area contributed by atoms with Crippen molar-refractivity contribution in [1.29, 1.82) is 0 Å². The van der Waals surface area contributed by atoms with Gasteiger partial charge in [0.05, 0.1) is 17.8 Å². The van der Waals surface area contributed by atoms with Gasteiger partial charge in [-0.25, -0.2) is 4.68 Å². The lowest BCUT2D eigenvalue weighted by Gasteiger charge is -2.38. The van der Waals surface area contributed by atoms with Gasteiger partial charge in [0, 0.05) is 23.5 Å². The molecule has 33 heavy (non-hydrogen) atoms. The first-order chi connectivity index (χ1) is 15.8. The molecular formula is C27H29ClN4O. The summed E-state index contributed by atoms with van der Waals surface area (Å²) in [5, 5.41) is 9.09. The molecule has 0 radical (unpaired) electrons. The Balaban J connectivity index is 1.28. The number of carbonyl (C=O) groups is 1. The quantitative estimate of drug-likeness (QED) is 0.557.